The minimum Gasteiger partial charge on any atom is -0.352 e. The molecule has 3 N–H and O–H groups in total. The molecule has 0 saturated carbocycles. The first kappa shape index (κ1) is 22.8. The van der Waals surface area contributed by atoms with E-state index in [9.17, 15) is 19.2 Å². The molecule has 0 spiro atoms. The Morgan fingerprint density at radius 2 is 1.94 bits per heavy atom. The lowest BCUT2D eigenvalue weighted by Crippen LogP contribution is -2.52. The summed E-state index contributed by atoms with van der Waals surface area (Å²) in [6.07, 6.45) is 0.533. The summed E-state index contributed by atoms with van der Waals surface area (Å²) in [6.45, 7) is 2.56. The van der Waals surface area contributed by atoms with E-state index in [1.54, 1.807) is 12.1 Å². The highest BCUT2D eigenvalue weighted by Crippen LogP contribution is 2.28. The van der Waals surface area contributed by atoms with Crippen LogP contribution in [0.15, 0.2) is 47.3 Å². The molecule has 1 fully saturated rings. The first-order valence-electron chi connectivity index (χ1n) is 11.2. The van der Waals surface area contributed by atoms with Gasteiger partial charge in [-0.2, -0.15) is 0 Å². The zero-order valence-corrected chi connectivity index (χ0v) is 19.6. The van der Waals surface area contributed by atoms with Gasteiger partial charge in [0.25, 0.3) is 11.5 Å². The number of hydrogen-bond acceptors (Lipinski definition) is 6. The molecule has 9 nitrogen and oxygen atoms in total. The quantitative estimate of drug-likeness (QED) is 0.471. The number of aryl methyl sites for hydroxylation is 1. The molecule has 3 amide bonds. The molecule has 3 heterocycles. The van der Waals surface area contributed by atoms with Crippen LogP contribution in [0.25, 0.3) is 11.3 Å². The maximum absolute atomic E-state index is 12.9. The van der Waals surface area contributed by atoms with Gasteiger partial charge in [-0.25, -0.2) is 4.98 Å². The van der Waals surface area contributed by atoms with Gasteiger partial charge < -0.3 is 10.2 Å². The zero-order chi connectivity index (χ0) is 24.7. The van der Waals surface area contributed by atoms with Crippen molar-refractivity contribution in [3.05, 3.63) is 80.1 Å². The molecule has 5 rings (SSSR count). The van der Waals surface area contributed by atoms with Crippen LogP contribution in [0.1, 0.15) is 39.9 Å². The van der Waals surface area contributed by atoms with E-state index in [-0.39, 0.29) is 23.8 Å². The van der Waals surface area contributed by atoms with Gasteiger partial charge in [0, 0.05) is 41.7 Å². The molecule has 178 valence electrons. The Hall–Kier alpha value is -3.98. The average Bonchev–Trinajstić information content (AvgIpc) is 3.14. The van der Waals surface area contributed by atoms with Crippen LogP contribution in [0.4, 0.5) is 5.95 Å². The lowest BCUT2D eigenvalue weighted by Gasteiger charge is -2.29. The lowest BCUT2D eigenvalue weighted by atomic mass is 10.0. The van der Waals surface area contributed by atoms with Crippen molar-refractivity contribution in [1.82, 2.24) is 20.2 Å². The van der Waals surface area contributed by atoms with Gasteiger partial charge in [0.2, 0.25) is 17.8 Å². The van der Waals surface area contributed by atoms with Crippen LogP contribution in [0.2, 0.25) is 5.02 Å². The van der Waals surface area contributed by atoms with Crippen molar-refractivity contribution < 1.29 is 14.4 Å². The van der Waals surface area contributed by atoms with Gasteiger partial charge in [-0.1, -0.05) is 35.9 Å². The van der Waals surface area contributed by atoms with E-state index in [2.05, 4.69) is 20.6 Å². The van der Waals surface area contributed by atoms with Gasteiger partial charge in [0.1, 0.15) is 6.04 Å². The summed E-state index contributed by atoms with van der Waals surface area (Å²) in [5.41, 5.74) is 4.11. The molecule has 0 bridgehead atoms. The van der Waals surface area contributed by atoms with Crippen LogP contribution in [0, 0.1) is 6.92 Å². The molecule has 0 aliphatic carbocycles. The number of aromatic amines is 1. The summed E-state index contributed by atoms with van der Waals surface area (Å²) < 4.78 is 0. The molecule has 10 heteroatoms. The molecule has 1 aromatic heterocycles. The number of nitrogens with one attached hydrogen (secondary N) is 3. The van der Waals surface area contributed by atoms with Gasteiger partial charge in [-0.05, 0) is 42.2 Å². The van der Waals surface area contributed by atoms with Crippen molar-refractivity contribution in [3.8, 4) is 11.3 Å². The monoisotopic (exact) mass is 491 g/mol. The summed E-state index contributed by atoms with van der Waals surface area (Å²) in [6, 6.07) is 11.7. The van der Waals surface area contributed by atoms with Crippen LogP contribution >= 0.6 is 11.6 Å². The Morgan fingerprint density at radius 3 is 2.71 bits per heavy atom. The number of hydrogen-bond donors (Lipinski definition) is 3. The summed E-state index contributed by atoms with van der Waals surface area (Å²) in [5, 5.41) is 6.03. The van der Waals surface area contributed by atoms with Gasteiger partial charge in [-0.3, -0.25) is 29.5 Å². The van der Waals surface area contributed by atoms with E-state index in [4.69, 9.17) is 11.6 Å². The highest BCUT2D eigenvalue weighted by molar-refractivity contribution is 6.31. The molecular weight excluding hydrogens is 470 g/mol. The highest BCUT2D eigenvalue weighted by Gasteiger charge is 2.39. The number of amides is 3. The molecule has 2 aliphatic rings. The SMILES string of the molecule is Cc1ccc(-c2cc(=O)[nH]c(NCc3ccc4c(c3)CN(C3CCC(=O)NC3=O)C4=O)n2)cc1Cl. The number of carbonyl (C=O) groups is 3. The Labute approximate surface area is 205 Å². The second kappa shape index (κ2) is 8.99. The molecule has 3 aromatic rings. The average molecular weight is 492 g/mol. The van der Waals surface area contributed by atoms with Crippen LogP contribution in [0.3, 0.4) is 0 Å². The molecule has 0 radical (unpaired) electrons. The van der Waals surface area contributed by atoms with Crippen LogP contribution in [-0.4, -0.2) is 38.6 Å². The highest BCUT2D eigenvalue weighted by atomic mass is 35.5. The zero-order valence-electron chi connectivity index (χ0n) is 18.9. The lowest BCUT2D eigenvalue weighted by molar-refractivity contribution is -0.136. The predicted molar refractivity (Wildman–Crippen MR) is 130 cm³/mol. The minimum absolute atomic E-state index is 0.213. The van der Waals surface area contributed by atoms with E-state index in [0.717, 1.165) is 22.3 Å². The third-order valence-electron chi connectivity index (χ3n) is 6.26. The summed E-state index contributed by atoms with van der Waals surface area (Å²) >= 11 is 6.22. The number of aromatic nitrogens is 2. The first-order chi connectivity index (χ1) is 16.8. The summed E-state index contributed by atoms with van der Waals surface area (Å²) in [7, 11) is 0. The number of anilines is 1. The van der Waals surface area contributed by atoms with E-state index in [1.165, 1.54) is 11.0 Å². The number of fused-ring (bicyclic) bond motifs is 1. The Kier molecular flexibility index (Phi) is 5.86. The van der Waals surface area contributed by atoms with Crippen molar-refractivity contribution in [2.24, 2.45) is 0 Å². The Morgan fingerprint density at radius 1 is 1.11 bits per heavy atom. The second-order valence-electron chi connectivity index (χ2n) is 8.69. The number of piperidine rings is 1. The van der Waals surface area contributed by atoms with Crippen LogP contribution < -0.4 is 16.2 Å². The third-order valence-corrected chi connectivity index (χ3v) is 6.66. The fourth-order valence-corrected chi connectivity index (χ4v) is 4.55. The topological polar surface area (TPSA) is 124 Å². The number of H-pyrrole nitrogens is 1. The van der Waals surface area contributed by atoms with E-state index in [1.807, 2.05) is 31.2 Å². The van der Waals surface area contributed by atoms with Crippen molar-refractivity contribution in [2.75, 3.05) is 5.32 Å². The number of rotatable bonds is 5. The van der Waals surface area contributed by atoms with Crippen molar-refractivity contribution in [3.63, 3.8) is 0 Å². The van der Waals surface area contributed by atoms with Gasteiger partial charge in [0.05, 0.1) is 5.69 Å². The van der Waals surface area contributed by atoms with Gasteiger partial charge in [0.15, 0.2) is 0 Å². The number of carbonyl (C=O) groups excluding carboxylic acids is 3. The van der Waals surface area contributed by atoms with E-state index < -0.39 is 11.9 Å². The number of nitrogens with zero attached hydrogens (tertiary/aromatic N) is 2. The molecule has 2 aromatic carbocycles. The third kappa shape index (κ3) is 4.54. The predicted octanol–water partition coefficient (Wildman–Crippen LogP) is 2.77. The molecule has 35 heavy (non-hydrogen) atoms. The van der Waals surface area contributed by atoms with E-state index in [0.29, 0.717) is 41.7 Å². The largest absolute Gasteiger partial charge is 0.352 e. The fourth-order valence-electron chi connectivity index (χ4n) is 4.36. The molecule has 1 unspecified atom stereocenters. The van der Waals surface area contributed by atoms with Gasteiger partial charge >= 0.3 is 0 Å². The van der Waals surface area contributed by atoms with Crippen molar-refractivity contribution in [1.29, 1.82) is 0 Å². The molecular formula is C25H22ClN5O4. The standard InChI is InChI=1S/C25H22ClN5O4/c1-13-2-4-15(9-18(13)26)19-10-22(33)30-25(28-19)27-11-14-3-5-17-16(8-14)12-31(24(17)35)20-6-7-21(32)29-23(20)34/h2-5,8-10,20H,6-7,11-12H2,1H3,(H,29,32,34)(H2,27,28,30,33). The van der Waals surface area contributed by atoms with Crippen LogP contribution in [0.5, 0.6) is 0 Å². The van der Waals surface area contributed by atoms with E-state index >= 15 is 0 Å². The second-order valence-corrected chi connectivity index (χ2v) is 9.10. The summed E-state index contributed by atoms with van der Waals surface area (Å²) in [4.78, 5) is 57.4. The Bertz CT molecular complexity index is 1430. The Balaban J connectivity index is 1.31. The molecule has 2 aliphatic heterocycles. The maximum atomic E-state index is 12.9. The first-order valence-corrected chi connectivity index (χ1v) is 11.5. The summed E-state index contributed by atoms with van der Waals surface area (Å²) in [5.74, 6) is -0.658. The van der Waals surface area contributed by atoms with Crippen molar-refractivity contribution in [2.45, 2.75) is 38.9 Å². The van der Waals surface area contributed by atoms with Gasteiger partial charge in [-0.15, -0.1) is 0 Å². The molecule has 1 atom stereocenters. The smallest absolute Gasteiger partial charge is 0.255 e. The number of halogens is 1. The maximum Gasteiger partial charge on any atom is 0.255 e. The normalized spacial score (nSPS) is 17.4. The molecule has 1 saturated heterocycles. The van der Waals surface area contributed by atoms with Crippen molar-refractivity contribution >= 4 is 35.3 Å². The number of benzene rings is 2. The van der Waals surface area contributed by atoms with Crippen LogP contribution in [-0.2, 0) is 22.7 Å². The minimum atomic E-state index is -0.651. The fraction of sp³-hybridized carbons (Fsp3) is 0.240. The number of imide groups is 1.